The molecule has 0 amide bonds. The van der Waals surface area contributed by atoms with Crippen LogP contribution in [0.4, 0.5) is 4.39 Å². The summed E-state index contributed by atoms with van der Waals surface area (Å²) in [5.74, 6) is -0.446. The van der Waals surface area contributed by atoms with Gasteiger partial charge in [0.15, 0.2) is 0 Å². The minimum atomic E-state index is -3.75. The Morgan fingerprint density at radius 1 is 1.35 bits per heavy atom. The lowest BCUT2D eigenvalue weighted by atomic mass is 9.82. The molecule has 0 aromatic heterocycles. The molecule has 1 aromatic carbocycles. The molecule has 1 rings (SSSR count). The summed E-state index contributed by atoms with van der Waals surface area (Å²) in [6.07, 6.45) is 0. The van der Waals surface area contributed by atoms with Gasteiger partial charge in [-0.25, -0.2) is 17.5 Å². The third kappa shape index (κ3) is 4.26. The fourth-order valence-corrected chi connectivity index (χ4v) is 2.96. The molecule has 0 fully saturated rings. The number of benzene rings is 1. The molecule has 1 atom stereocenters. The molecule has 0 radical (unpaired) electrons. The van der Waals surface area contributed by atoms with Gasteiger partial charge in [0, 0.05) is 13.1 Å². The fourth-order valence-electron chi connectivity index (χ4n) is 1.57. The molecule has 0 aliphatic carbocycles. The number of nitrogens with one attached hydrogen (secondary N) is 1. The van der Waals surface area contributed by atoms with Crippen molar-refractivity contribution < 1.29 is 12.8 Å². The van der Waals surface area contributed by atoms with Gasteiger partial charge in [0.1, 0.15) is 5.82 Å². The summed E-state index contributed by atoms with van der Waals surface area (Å²) in [6, 6.07) is 3.61. The van der Waals surface area contributed by atoms with Crippen molar-refractivity contribution in [2.45, 2.75) is 39.1 Å². The zero-order valence-corrected chi connectivity index (χ0v) is 13.2. The molecule has 1 unspecified atom stereocenters. The molecule has 3 N–H and O–H groups in total. The Hall–Kier alpha value is -0.980. The molecule has 4 nitrogen and oxygen atoms in total. The fraction of sp³-hybridized carbons (Fsp3) is 0.571. The largest absolute Gasteiger partial charge is 0.326 e. The Kier molecular flexibility index (Phi) is 5.29. The lowest BCUT2D eigenvalue weighted by molar-refractivity contribution is 0.263. The maximum Gasteiger partial charge on any atom is 0.241 e. The Morgan fingerprint density at radius 3 is 2.45 bits per heavy atom. The monoisotopic (exact) mass is 302 g/mol. The van der Waals surface area contributed by atoms with Gasteiger partial charge in [0.2, 0.25) is 10.0 Å². The molecule has 0 aliphatic rings. The van der Waals surface area contributed by atoms with E-state index in [0.717, 1.165) is 6.07 Å². The first kappa shape index (κ1) is 17.1. The van der Waals surface area contributed by atoms with E-state index in [1.54, 1.807) is 0 Å². The highest BCUT2D eigenvalue weighted by Gasteiger charge is 2.24. The van der Waals surface area contributed by atoms with Gasteiger partial charge in [-0.3, -0.25) is 0 Å². The SMILES string of the molecule is CC(CNS(=O)(=O)c1cc(F)ccc1CN)C(C)(C)C. The molecule has 0 spiro atoms. The smallest absolute Gasteiger partial charge is 0.241 e. The molecular weight excluding hydrogens is 279 g/mol. The number of rotatable bonds is 5. The molecular formula is C14H23FN2O2S. The van der Waals surface area contributed by atoms with Crippen molar-refractivity contribution in [1.29, 1.82) is 0 Å². The number of sulfonamides is 1. The molecule has 0 bridgehead atoms. The van der Waals surface area contributed by atoms with Crippen molar-refractivity contribution in [2.24, 2.45) is 17.1 Å². The van der Waals surface area contributed by atoms with Crippen LogP contribution in [0, 0.1) is 17.2 Å². The summed E-state index contributed by atoms with van der Waals surface area (Å²) in [6.45, 7) is 8.44. The topological polar surface area (TPSA) is 72.2 Å². The third-order valence-corrected chi connectivity index (χ3v) is 5.10. The van der Waals surface area contributed by atoms with Crippen molar-refractivity contribution in [3.8, 4) is 0 Å². The second-order valence-corrected chi connectivity index (χ2v) is 7.81. The van der Waals surface area contributed by atoms with Gasteiger partial charge in [-0.2, -0.15) is 0 Å². The standard InChI is InChI=1S/C14H23FN2O2S/c1-10(14(2,3)4)9-17-20(18,19)13-7-12(15)6-5-11(13)8-16/h5-7,10,17H,8-9,16H2,1-4H3. The van der Waals surface area contributed by atoms with Crippen molar-refractivity contribution in [3.63, 3.8) is 0 Å². The van der Waals surface area contributed by atoms with E-state index in [0.29, 0.717) is 12.1 Å². The first-order valence-electron chi connectivity index (χ1n) is 6.56. The van der Waals surface area contributed by atoms with Crippen LogP contribution in [0.1, 0.15) is 33.3 Å². The maximum atomic E-state index is 13.3. The highest BCUT2D eigenvalue weighted by Crippen LogP contribution is 2.25. The molecule has 20 heavy (non-hydrogen) atoms. The van der Waals surface area contributed by atoms with Crippen LogP contribution >= 0.6 is 0 Å². The minimum Gasteiger partial charge on any atom is -0.326 e. The van der Waals surface area contributed by atoms with Crippen LogP contribution in [0.25, 0.3) is 0 Å². The van der Waals surface area contributed by atoms with E-state index < -0.39 is 15.8 Å². The molecule has 0 aliphatic heterocycles. The molecule has 6 heteroatoms. The van der Waals surface area contributed by atoms with Crippen molar-refractivity contribution in [3.05, 3.63) is 29.6 Å². The van der Waals surface area contributed by atoms with Crippen LogP contribution in [-0.4, -0.2) is 15.0 Å². The average molecular weight is 302 g/mol. The summed E-state index contributed by atoms with van der Waals surface area (Å²) in [5, 5.41) is 0. The van der Waals surface area contributed by atoms with Crippen molar-refractivity contribution >= 4 is 10.0 Å². The van der Waals surface area contributed by atoms with Crippen molar-refractivity contribution in [1.82, 2.24) is 4.72 Å². The van der Waals surface area contributed by atoms with E-state index in [-0.39, 0.29) is 22.8 Å². The quantitative estimate of drug-likeness (QED) is 0.876. The van der Waals surface area contributed by atoms with Crippen LogP contribution < -0.4 is 10.5 Å². The van der Waals surface area contributed by atoms with Crippen LogP contribution in [-0.2, 0) is 16.6 Å². The molecule has 114 valence electrons. The Bertz CT molecular complexity index is 565. The van der Waals surface area contributed by atoms with E-state index in [4.69, 9.17) is 5.73 Å². The normalized spacial score (nSPS) is 14.3. The summed E-state index contributed by atoms with van der Waals surface area (Å²) >= 11 is 0. The van der Waals surface area contributed by atoms with Crippen LogP contribution in [0.2, 0.25) is 0 Å². The third-order valence-electron chi connectivity index (χ3n) is 3.60. The summed E-state index contributed by atoms with van der Waals surface area (Å²) in [7, 11) is -3.75. The summed E-state index contributed by atoms with van der Waals surface area (Å²) in [4.78, 5) is -0.0823. The second-order valence-electron chi connectivity index (χ2n) is 6.08. The number of halogens is 1. The predicted molar refractivity (Wildman–Crippen MR) is 78.1 cm³/mol. The van der Waals surface area contributed by atoms with Crippen LogP contribution in [0.15, 0.2) is 23.1 Å². The Labute approximate surface area is 120 Å². The zero-order chi connectivity index (χ0) is 15.6. The van der Waals surface area contributed by atoms with Crippen molar-refractivity contribution in [2.75, 3.05) is 6.54 Å². The maximum absolute atomic E-state index is 13.3. The average Bonchev–Trinajstić information content (AvgIpc) is 2.34. The first-order valence-corrected chi connectivity index (χ1v) is 8.04. The lowest BCUT2D eigenvalue weighted by Crippen LogP contribution is -2.34. The second kappa shape index (κ2) is 6.20. The Morgan fingerprint density at radius 2 is 1.95 bits per heavy atom. The van der Waals surface area contributed by atoms with Gasteiger partial charge in [-0.1, -0.05) is 33.8 Å². The number of nitrogens with two attached hydrogens (primary N) is 1. The van der Waals surface area contributed by atoms with Gasteiger partial charge < -0.3 is 5.73 Å². The van der Waals surface area contributed by atoms with E-state index in [9.17, 15) is 12.8 Å². The van der Waals surface area contributed by atoms with Gasteiger partial charge in [0.05, 0.1) is 4.90 Å². The molecule has 0 heterocycles. The summed E-state index contributed by atoms with van der Waals surface area (Å²) < 4.78 is 40.3. The Balaban J connectivity index is 2.98. The van der Waals surface area contributed by atoms with E-state index in [2.05, 4.69) is 4.72 Å². The number of hydrogen-bond donors (Lipinski definition) is 2. The van der Waals surface area contributed by atoms with Gasteiger partial charge >= 0.3 is 0 Å². The highest BCUT2D eigenvalue weighted by atomic mass is 32.2. The first-order chi connectivity index (χ1) is 9.08. The summed E-state index contributed by atoms with van der Waals surface area (Å²) in [5.41, 5.74) is 5.90. The van der Waals surface area contributed by atoms with Gasteiger partial charge in [-0.05, 0) is 29.0 Å². The van der Waals surface area contributed by atoms with Gasteiger partial charge in [0.25, 0.3) is 0 Å². The van der Waals surface area contributed by atoms with Gasteiger partial charge in [-0.15, -0.1) is 0 Å². The molecule has 0 saturated heterocycles. The molecule has 1 aromatic rings. The number of hydrogen-bond acceptors (Lipinski definition) is 3. The van der Waals surface area contributed by atoms with E-state index in [1.807, 2.05) is 27.7 Å². The van der Waals surface area contributed by atoms with E-state index >= 15 is 0 Å². The predicted octanol–water partition coefficient (Wildman–Crippen LogP) is 2.24. The van der Waals surface area contributed by atoms with Crippen LogP contribution in [0.5, 0.6) is 0 Å². The molecule has 0 saturated carbocycles. The van der Waals surface area contributed by atoms with Crippen LogP contribution in [0.3, 0.4) is 0 Å². The zero-order valence-electron chi connectivity index (χ0n) is 12.4. The highest BCUT2D eigenvalue weighted by molar-refractivity contribution is 7.89. The van der Waals surface area contributed by atoms with E-state index in [1.165, 1.54) is 12.1 Å². The minimum absolute atomic E-state index is 0.0127. The lowest BCUT2D eigenvalue weighted by Gasteiger charge is -2.27.